The van der Waals surface area contributed by atoms with Crippen LogP contribution in [0.25, 0.3) is 0 Å². The molecule has 0 amide bonds. The summed E-state index contributed by atoms with van der Waals surface area (Å²) in [5.41, 5.74) is 1.75. The number of halogens is 3. The van der Waals surface area contributed by atoms with Crippen molar-refractivity contribution in [2.24, 2.45) is 0 Å². The van der Waals surface area contributed by atoms with Crippen molar-refractivity contribution in [3.8, 4) is 6.07 Å². The number of anilines is 2. The first-order valence-corrected chi connectivity index (χ1v) is 11.0. The van der Waals surface area contributed by atoms with Crippen LogP contribution in [-0.4, -0.2) is 40.0 Å². The lowest BCUT2D eigenvalue weighted by Gasteiger charge is -2.40. The first-order chi connectivity index (χ1) is 15.9. The number of piperidine rings is 1. The first-order valence-electron chi connectivity index (χ1n) is 10.6. The van der Waals surface area contributed by atoms with Crippen molar-refractivity contribution in [1.82, 2.24) is 15.0 Å². The van der Waals surface area contributed by atoms with Crippen LogP contribution < -0.4 is 9.80 Å². The van der Waals surface area contributed by atoms with Crippen molar-refractivity contribution >= 4 is 23.2 Å². The standard InChI is InChI=1S/C24H25ClF2N6/c1-3-19(6-5-10-24(26,27)4-2)33(22-17-29-11-7-21(22)25)20-8-12-32(13-9-20)23-30-15-18(14-28)16-31-23/h3,5-7,10-11,15-17,20H,1,4,8-9,12-13H2,2H3/b10-5?,19-6+. The third-order valence-corrected chi connectivity index (χ3v) is 5.77. The summed E-state index contributed by atoms with van der Waals surface area (Å²) < 4.78 is 27.4. The maximum atomic E-state index is 13.7. The van der Waals surface area contributed by atoms with Gasteiger partial charge in [-0.15, -0.1) is 0 Å². The lowest BCUT2D eigenvalue weighted by atomic mass is 10.0. The third kappa shape index (κ3) is 6.14. The van der Waals surface area contributed by atoms with E-state index in [1.807, 2.05) is 11.0 Å². The topological polar surface area (TPSA) is 68.9 Å². The SMILES string of the molecule is C=C/C(=C\C=CC(F)(F)CC)N(c1cnccc1Cl)C1CCN(c2ncc(C#N)cn2)CC1. The van der Waals surface area contributed by atoms with E-state index in [1.165, 1.54) is 25.4 Å². The van der Waals surface area contributed by atoms with Gasteiger partial charge in [-0.3, -0.25) is 4.98 Å². The van der Waals surface area contributed by atoms with Gasteiger partial charge in [-0.25, -0.2) is 18.7 Å². The Balaban J connectivity index is 1.85. The lowest BCUT2D eigenvalue weighted by molar-refractivity contribution is 0.0511. The predicted molar refractivity (Wildman–Crippen MR) is 126 cm³/mol. The average molecular weight is 471 g/mol. The number of nitriles is 1. The van der Waals surface area contributed by atoms with Crippen LogP contribution in [0.1, 0.15) is 31.7 Å². The van der Waals surface area contributed by atoms with Crippen LogP contribution in [0.15, 0.2) is 67.4 Å². The molecule has 1 saturated heterocycles. The number of pyridine rings is 1. The van der Waals surface area contributed by atoms with Gasteiger partial charge in [0, 0.05) is 37.4 Å². The highest BCUT2D eigenvalue weighted by Gasteiger charge is 2.29. The van der Waals surface area contributed by atoms with Crippen molar-refractivity contribution in [2.75, 3.05) is 22.9 Å². The van der Waals surface area contributed by atoms with Gasteiger partial charge in [0.15, 0.2) is 0 Å². The second-order valence-electron chi connectivity index (χ2n) is 7.57. The maximum absolute atomic E-state index is 13.7. The summed E-state index contributed by atoms with van der Waals surface area (Å²) in [5.74, 6) is -2.30. The van der Waals surface area contributed by atoms with Gasteiger partial charge in [0.05, 0.1) is 34.9 Å². The molecule has 0 radical (unpaired) electrons. The summed E-state index contributed by atoms with van der Waals surface area (Å²) in [5, 5.41) is 9.45. The number of hydrogen-bond acceptors (Lipinski definition) is 6. The van der Waals surface area contributed by atoms with Crippen LogP contribution >= 0.6 is 11.6 Å². The number of hydrogen-bond donors (Lipinski definition) is 0. The van der Waals surface area contributed by atoms with Crippen molar-refractivity contribution in [3.05, 3.63) is 78.0 Å². The van der Waals surface area contributed by atoms with Crippen LogP contribution in [0.2, 0.25) is 5.02 Å². The molecule has 33 heavy (non-hydrogen) atoms. The minimum Gasteiger partial charge on any atom is -0.341 e. The number of allylic oxidation sites excluding steroid dienone is 4. The minimum absolute atomic E-state index is 0.0330. The van der Waals surface area contributed by atoms with E-state index in [0.717, 1.165) is 18.9 Å². The summed E-state index contributed by atoms with van der Waals surface area (Å²) in [6.45, 7) is 6.69. The molecular formula is C24H25ClF2N6. The minimum atomic E-state index is -2.87. The highest BCUT2D eigenvalue weighted by atomic mass is 35.5. The first kappa shape index (κ1) is 24.3. The molecule has 3 heterocycles. The zero-order valence-corrected chi connectivity index (χ0v) is 19.1. The molecule has 2 aromatic heterocycles. The summed E-state index contributed by atoms with van der Waals surface area (Å²) >= 11 is 6.48. The summed E-state index contributed by atoms with van der Waals surface area (Å²) in [7, 11) is 0. The zero-order valence-electron chi connectivity index (χ0n) is 18.3. The Morgan fingerprint density at radius 2 is 2.03 bits per heavy atom. The Morgan fingerprint density at radius 3 is 2.61 bits per heavy atom. The Kier molecular flexibility index (Phi) is 8.12. The molecular weight excluding hydrogens is 446 g/mol. The van der Waals surface area contributed by atoms with Crippen LogP contribution in [0.4, 0.5) is 20.4 Å². The van der Waals surface area contributed by atoms with Crippen LogP contribution in [0.3, 0.4) is 0 Å². The van der Waals surface area contributed by atoms with E-state index in [1.54, 1.807) is 30.6 Å². The van der Waals surface area contributed by atoms with Crippen molar-refractivity contribution in [2.45, 2.75) is 38.2 Å². The highest BCUT2D eigenvalue weighted by Crippen LogP contribution is 2.33. The summed E-state index contributed by atoms with van der Waals surface area (Å²) in [6, 6.07) is 3.75. The van der Waals surface area contributed by atoms with Gasteiger partial charge >= 0.3 is 0 Å². The van der Waals surface area contributed by atoms with E-state index in [0.29, 0.717) is 41.0 Å². The van der Waals surface area contributed by atoms with Crippen LogP contribution in [-0.2, 0) is 0 Å². The fourth-order valence-corrected chi connectivity index (χ4v) is 3.81. The third-order valence-electron chi connectivity index (χ3n) is 5.45. The summed E-state index contributed by atoms with van der Waals surface area (Å²) in [4.78, 5) is 16.8. The second kappa shape index (κ2) is 11.0. The smallest absolute Gasteiger partial charge is 0.266 e. The van der Waals surface area contributed by atoms with Crippen molar-refractivity contribution < 1.29 is 8.78 Å². The molecule has 0 unspecified atom stereocenters. The largest absolute Gasteiger partial charge is 0.341 e. The fourth-order valence-electron chi connectivity index (χ4n) is 3.61. The van der Waals surface area contributed by atoms with Gasteiger partial charge in [-0.1, -0.05) is 31.2 Å². The summed E-state index contributed by atoms with van der Waals surface area (Å²) in [6.07, 6.45) is 13.0. The normalized spacial score (nSPS) is 15.5. The zero-order chi connectivity index (χ0) is 23.8. The molecule has 1 fully saturated rings. The predicted octanol–water partition coefficient (Wildman–Crippen LogP) is 5.54. The van der Waals surface area contributed by atoms with E-state index < -0.39 is 5.92 Å². The quantitative estimate of drug-likeness (QED) is 0.471. The molecule has 2 aromatic rings. The van der Waals surface area contributed by atoms with E-state index in [9.17, 15) is 8.78 Å². The molecule has 0 atom stereocenters. The lowest BCUT2D eigenvalue weighted by Crippen LogP contribution is -2.45. The van der Waals surface area contributed by atoms with E-state index in [-0.39, 0.29) is 12.5 Å². The monoisotopic (exact) mass is 470 g/mol. The van der Waals surface area contributed by atoms with Gasteiger partial charge in [0.25, 0.3) is 5.92 Å². The van der Waals surface area contributed by atoms with Crippen LogP contribution in [0, 0.1) is 11.3 Å². The van der Waals surface area contributed by atoms with Gasteiger partial charge < -0.3 is 9.80 Å². The fraction of sp³-hybridized carbons (Fsp3) is 0.333. The molecule has 1 aliphatic heterocycles. The van der Waals surface area contributed by atoms with E-state index in [2.05, 4.69) is 26.4 Å². The molecule has 0 spiro atoms. The van der Waals surface area contributed by atoms with Gasteiger partial charge in [0.2, 0.25) is 5.95 Å². The number of alkyl halides is 2. The molecule has 0 N–H and O–H groups in total. The Bertz CT molecular complexity index is 1050. The van der Waals surface area contributed by atoms with Gasteiger partial charge in [-0.05, 0) is 37.1 Å². The van der Waals surface area contributed by atoms with E-state index >= 15 is 0 Å². The average Bonchev–Trinajstić information content (AvgIpc) is 2.84. The second-order valence-corrected chi connectivity index (χ2v) is 7.98. The Morgan fingerprint density at radius 1 is 1.33 bits per heavy atom. The molecule has 172 valence electrons. The molecule has 3 rings (SSSR count). The molecule has 0 aromatic carbocycles. The number of nitrogens with zero attached hydrogens (tertiary/aromatic N) is 6. The molecule has 1 aliphatic rings. The van der Waals surface area contributed by atoms with Crippen LogP contribution in [0.5, 0.6) is 0 Å². The maximum Gasteiger partial charge on any atom is 0.266 e. The molecule has 6 nitrogen and oxygen atoms in total. The molecule has 0 bridgehead atoms. The van der Waals surface area contributed by atoms with Gasteiger partial charge in [0.1, 0.15) is 6.07 Å². The Hall–Kier alpha value is -3.31. The molecule has 0 saturated carbocycles. The number of aromatic nitrogens is 3. The van der Waals surface area contributed by atoms with E-state index in [4.69, 9.17) is 16.9 Å². The van der Waals surface area contributed by atoms with Gasteiger partial charge in [-0.2, -0.15) is 5.26 Å². The highest BCUT2D eigenvalue weighted by molar-refractivity contribution is 6.33. The molecule has 0 aliphatic carbocycles. The van der Waals surface area contributed by atoms with Crippen molar-refractivity contribution in [1.29, 1.82) is 5.26 Å². The Labute approximate surface area is 197 Å². The van der Waals surface area contributed by atoms with Crippen molar-refractivity contribution in [3.63, 3.8) is 0 Å². The molecule has 9 heteroatoms. The number of rotatable bonds is 8.